The van der Waals surface area contributed by atoms with Crippen molar-refractivity contribution in [1.82, 2.24) is 10.0 Å². The predicted octanol–water partition coefficient (Wildman–Crippen LogP) is 1.31. The Bertz CT molecular complexity index is 625. The average Bonchev–Trinajstić information content (AvgIpc) is 2.79. The van der Waals surface area contributed by atoms with E-state index in [2.05, 4.69) is 10.0 Å². The zero-order valence-electron chi connectivity index (χ0n) is 12.5. The van der Waals surface area contributed by atoms with Gasteiger partial charge in [0.1, 0.15) is 5.82 Å². The SMILES string of the molecule is CNCc1cc(F)c(C)c(S(=O)(=O)NC2(C)CCOC2)c1. The van der Waals surface area contributed by atoms with E-state index >= 15 is 0 Å². The van der Waals surface area contributed by atoms with Crippen LogP contribution < -0.4 is 10.0 Å². The van der Waals surface area contributed by atoms with Gasteiger partial charge in [-0.2, -0.15) is 0 Å². The lowest BCUT2D eigenvalue weighted by molar-refractivity contribution is 0.178. The van der Waals surface area contributed by atoms with Gasteiger partial charge in [-0.25, -0.2) is 17.5 Å². The van der Waals surface area contributed by atoms with Crippen LogP contribution in [0, 0.1) is 12.7 Å². The third-order valence-electron chi connectivity index (χ3n) is 3.63. The molecule has 7 heteroatoms. The van der Waals surface area contributed by atoms with Gasteiger partial charge in [0.25, 0.3) is 0 Å². The second kappa shape index (κ2) is 6.00. The van der Waals surface area contributed by atoms with Crippen LogP contribution in [0.3, 0.4) is 0 Å². The lowest BCUT2D eigenvalue weighted by Gasteiger charge is -2.24. The number of ether oxygens (including phenoxy) is 1. The van der Waals surface area contributed by atoms with E-state index in [9.17, 15) is 12.8 Å². The molecule has 1 aromatic rings. The quantitative estimate of drug-likeness (QED) is 0.859. The highest BCUT2D eigenvalue weighted by atomic mass is 32.2. The van der Waals surface area contributed by atoms with Crippen LogP contribution in [0.4, 0.5) is 4.39 Å². The van der Waals surface area contributed by atoms with E-state index in [1.807, 2.05) is 0 Å². The van der Waals surface area contributed by atoms with Crippen LogP contribution in [0.5, 0.6) is 0 Å². The molecule has 1 heterocycles. The van der Waals surface area contributed by atoms with Crippen molar-refractivity contribution in [1.29, 1.82) is 0 Å². The molecule has 1 fully saturated rings. The summed E-state index contributed by atoms with van der Waals surface area (Å²) >= 11 is 0. The molecule has 1 aromatic carbocycles. The average molecular weight is 316 g/mol. The Hall–Kier alpha value is -1.02. The molecule has 1 unspecified atom stereocenters. The first-order valence-corrected chi connectivity index (χ1v) is 8.31. The number of nitrogens with one attached hydrogen (secondary N) is 2. The number of halogens is 1. The molecular formula is C14H21FN2O3S. The zero-order chi connectivity index (χ0) is 15.7. The molecule has 0 saturated carbocycles. The summed E-state index contributed by atoms with van der Waals surface area (Å²) in [5.74, 6) is -0.518. The van der Waals surface area contributed by atoms with Gasteiger partial charge in [0.2, 0.25) is 10.0 Å². The number of sulfonamides is 1. The monoisotopic (exact) mass is 316 g/mol. The first kappa shape index (κ1) is 16.4. The van der Waals surface area contributed by atoms with E-state index in [-0.39, 0.29) is 10.5 Å². The topological polar surface area (TPSA) is 67.4 Å². The molecule has 0 spiro atoms. The van der Waals surface area contributed by atoms with E-state index in [0.29, 0.717) is 31.7 Å². The molecule has 0 radical (unpaired) electrons. The highest BCUT2D eigenvalue weighted by Gasteiger charge is 2.35. The Morgan fingerprint density at radius 3 is 2.71 bits per heavy atom. The molecule has 0 bridgehead atoms. The van der Waals surface area contributed by atoms with Crippen LogP contribution in [-0.4, -0.2) is 34.2 Å². The standard InChI is InChI=1S/C14H21FN2O3S/c1-10-12(15)6-11(8-16-3)7-13(10)21(18,19)17-14(2)4-5-20-9-14/h6-7,16-17H,4-5,8-9H2,1-3H3. The fourth-order valence-corrected chi connectivity index (χ4v) is 4.15. The van der Waals surface area contributed by atoms with E-state index in [4.69, 9.17) is 4.74 Å². The maximum Gasteiger partial charge on any atom is 0.241 e. The Morgan fingerprint density at radius 1 is 1.43 bits per heavy atom. The smallest absolute Gasteiger partial charge is 0.241 e. The highest BCUT2D eigenvalue weighted by molar-refractivity contribution is 7.89. The maximum atomic E-state index is 14.0. The molecule has 5 nitrogen and oxygen atoms in total. The van der Waals surface area contributed by atoms with Crippen LogP contribution >= 0.6 is 0 Å². The third-order valence-corrected chi connectivity index (χ3v) is 5.39. The van der Waals surface area contributed by atoms with Gasteiger partial charge in [0.05, 0.1) is 17.0 Å². The van der Waals surface area contributed by atoms with Crippen molar-refractivity contribution < 1.29 is 17.5 Å². The minimum Gasteiger partial charge on any atom is -0.379 e. The van der Waals surface area contributed by atoms with Gasteiger partial charge in [0.15, 0.2) is 0 Å². The summed E-state index contributed by atoms with van der Waals surface area (Å²) in [6, 6.07) is 2.86. The summed E-state index contributed by atoms with van der Waals surface area (Å²) in [5.41, 5.74) is 0.0829. The molecular weight excluding hydrogens is 295 g/mol. The van der Waals surface area contributed by atoms with E-state index < -0.39 is 21.4 Å². The highest BCUT2D eigenvalue weighted by Crippen LogP contribution is 2.25. The normalized spacial score (nSPS) is 22.7. The van der Waals surface area contributed by atoms with Crippen molar-refractivity contribution in [3.05, 3.63) is 29.1 Å². The first-order valence-electron chi connectivity index (χ1n) is 6.83. The molecule has 0 amide bonds. The van der Waals surface area contributed by atoms with Gasteiger partial charge in [-0.15, -0.1) is 0 Å². The molecule has 1 aliphatic heterocycles. The predicted molar refractivity (Wildman–Crippen MR) is 78.1 cm³/mol. The summed E-state index contributed by atoms with van der Waals surface area (Å²) < 4.78 is 47.0. The van der Waals surface area contributed by atoms with Crippen molar-refractivity contribution >= 4 is 10.0 Å². The summed E-state index contributed by atoms with van der Waals surface area (Å²) in [6.45, 7) is 4.51. The van der Waals surface area contributed by atoms with Crippen LogP contribution in [0.25, 0.3) is 0 Å². The van der Waals surface area contributed by atoms with E-state index in [0.717, 1.165) is 0 Å². The van der Waals surface area contributed by atoms with Gasteiger partial charge in [-0.3, -0.25) is 0 Å². The Balaban J connectivity index is 2.39. The Morgan fingerprint density at radius 2 is 2.14 bits per heavy atom. The van der Waals surface area contributed by atoms with Crippen LogP contribution in [0.1, 0.15) is 24.5 Å². The van der Waals surface area contributed by atoms with Crippen molar-refractivity contribution in [3.8, 4) is 0 Å². The molecule has 2 rings (SSSR count). The molecule has 21 heavy (non-hydrogen) atoms. The van der Waals surface area contributed by atoms with Crippen molar-refractivity contribution in [2.24, 2.45) is 0 Å². The largest absolute Gasteiger partial charge is 0.379 e. The molecule has 0 aliphatic carbocycles. The summed E-state index contributed by atoms with van der Waals surface area (Å²) in [4.78, 5) is -0.0131. The second-order valence-corrected chi connectivity index (χ2v) is 7.35. The van der Waals surface area contributed by atoms with Gasteiger partial charge in [-0.05, 0) is 45.0 Å². The molecule has 118 valence electrons. The van der Waals surface area contributed by atoms with Gasteiger partial charge in [0, 0.05) is 18.7 Å². The van der Waals surface area contributed by atoms with Crippen molar-refractivity contribution in [2.45, 2.75) is 37.2 Å². The number of benzene rings is 1. The van der Waals surface area contributed by atoms with Crippen LogP contribution in [0.2, 0.25) is 0 Å². The zero-order valence-corrected chi connectivity index (χ0v) is 13.3. The first-order chi connectivity index (χ1) is 9.77. The van der Waals surface area contributed by atoms with E-state index in [1.165, 1.54) is 19.1 Å². The molecule has 2 N–H and O–H groups in total. The minimum absolute atomic E-state index is 0.0131. The van der Waals surface area contributed by atoms with Crippen molar-refractivity contribution in [3.63, 3.8) is 0 Å². The second-order valence-electron chi connectivity index (χ2n) is 5.70. The Kier molecular flexibility index (Phi) is 4.67. The minimum atomic E-state index is -3.79. The molecule has 1 aliphatic rings. The lowest BCUT2D eigenvalue weighted by atomic mass is 10.0. The van der Waals surface area contributed by atoms with Crippen LogP contribution in [-0.2, 0) is 21.3 Å². The molecule has 1 saturated heterocycles. The number of hydrogen-bond acceptors (Lipinski definition) is 4. The van der Waals surface area contributed by atoms with E-state index in [1.54, 1.807) is 14.0 Å². The fourth-order valence-electron chi connectivity index (χ4n) is 2.42. The number of hydrogen-bond donors (Lipinski definition) is 2. The summed E-state index contributed by atoms with van der Waals surface area (Å²) in [7, 11) is -2.07. The summed E-state index contributed by atoms with van der Waals surface area (Å²) in [6.07, 6.45) is 0.601. The lowest BCUT2D eigenvalue weighted by Crippen LogP contribution is -2.46. The Labute approximate surface area is 124 Å². The third kappa shape index (κ3) is 3.60. The van der Waals surface area contributed by atoms with Crippen molar-refractivity contribution in [2.75, 3.05) is 20.3 Å². The van der Waals surface area contributed by atoms with Gasteiger partial charge >= 0.3 is 0 Å². The summed E-state index contributed by atoms with van der Waals surface area (Å²) in [5, 5.41) is 2.89. The molecule has 1 atom stereocenters. The van der Waals surface area contributed by atoms with Gasteiger partial charge in [-0.1, -0.05) is 0 Å². The number of rotatable bonds is 5. The maximum absolute atomic E-state index is 14.0. The van der Waals surface area contributed by atoms with Crippen LogP contribution in [0.15, 0.2) is 17.0 Å². The van der Waals surface area contributed by atoms with Gasteiger partial charge < -0.3 is 10.1 Å². The molecule has 0 aromatic heterocycles. The fraction of sp³-hybridized carbons (Fsp3) is 0.571.